The summed E-state index contributed by atoms with van der Waals surface area (Å²) in [7, 11) is 0. The Bertz CT molecular complexity index is 573. The van der Waals surface area contributed by atoms with E-state index >= 15 is 0 Å². The summed E-state index contributed by atoms with van der Waals surface area (Å²) in [5.74, 6) is 0.526. The van der Waals surface area contributed by atoms with Gasteiger partial charge >= 0.3 is 0 Å². The molecule has 3 rings (SSSR count). The monoisotopic (exact) mass is 227 g/mol. The van der Waals surface area contributed by atoms with Crippen molar-refractivity contribution in [3.05, 3.63) is 58.5 Å². The molecule has 0 spiro atoms. The van der Waals surface area contributed by atoms with E-state index in [-0.39, 0.29) is 5.56 Å². The standard InChI is InChI=1S/C13H13N3O/c17-13-7-12(11-1-2-11)15-9-16(13)8-10-3-5-14-6-4-10/h3-7,9,11H,1-2,8H2. The summed E-state index contributed by atoms with van der Waals surface area (Å²) in [6.45, 7) is 0.555. The Labute approximate surface area is 99.0 Å². The molecule has 1 fully saturated rings. The third-order valence-electron chi connectivity index (χ3n) is 3.00. The molecule has 4 nitrogen and oxygen atoms in total. The third-order valence-corrected chi connectivity index (χ3v) is 3.00. The lowest BCUT2D eigenvalue weighted by molar-refractivity contribution is 0.723. The summed E-state index contributed by atoms with van der Waals surface area (Å²) in [5.41, 5.74) is 2.03. The summed E-state index contributed by atoms with van der Waals surface area (Å²) in [4.78, 5) is 20.2. The van der Waals surface area contributed by atoms with Crippen LogP contribution in [-0.4, -0.2) is 14.5 Å². The van der Waals surface area contributed by atoms with Crippen molar-refractivity contribution >= 4 is 0 Å². The van der Waals surface area contributed by atoms with E-state index in [4.69, 9.17) is 0 Å². The van der Waals surface area contributed by atoms with Crippen molar-refractivity contribution in [1.82, 2.24) is 14.5 Å². The van der Waals surface area contributed by atoms with Crippen molar-refractivity contribution in [3.8, 4) is 0 Å². The second-order valence-corrected chi connectivity index (χ2v) is 4.41. The van der Waals surface area contributed by atoms with Crippen LogP contribution < -0.4 is 5.56 Å². The van der Waals surface area contributed by atoms with Gasteiger partial charge in [-0.2, -0.15) is 0 Å². The first-order valence-corrected chi connectivity index (χ1v) is 5.78. The van der Waals surface area contributed by atoms with Gasteiger partial charge in [-0.3, -0.25) is 14.3 Å². The normalized spacial score (nSPS) is 14.8. The maximum atomic E-state index is 11.9. The molecule has 0 amide bonds. The highest BCUT2D eigenvalue weighted by molar-refractivity contribution is 5.14. The smallest absolute Gasteiger partial charge is 0.253 e. The van der Waals surface area contributed by atoms with E-state index in [1.165, 1.54) is 12.8 Å². The minimum absolute atomic E-state index is 0.0266. The van der Waals surface area contributed by atoms with Crippen LogP contribution in [0, 0.1) is 0 Å². The molecule has 0 N–H and O–H groups in total. The van der Waals surface area contributed by atoms with Crippen LogP contribution in [-0.2, 0) is 6.54 Å². The van der Waals surface area contributed by atoms with Gasteiger partial charge in [-0.15, -0.1) is 0 Å². The van der Waals surface area contributed by atoms with Crippen LogP contribution in [0.4, 0.5) is 0 Å². The topological polar surface area (TPSA) is 47.8 Å². The third kappa shape index (κ3) is 2.25. The fraction of sp³-hybridized carbons (Fsp3) is 0.308. The van der Waals surface area contributed by atoms with Gasteiger partial charge in [0.05, 0.1) is 18.6 Å². The fourth-order valence-electron chi connectivity index (χ4n) is 1.85. The Hall–Kier alpha value is -1.97. The highest BCUT2D eigenvalue weighted by Gasteiger charge is 2.25. The molecule has 0 atom stereocenters. The number of aromatic nitrogens is 3. The van der Waals surface area contributed by atoms with E-state index in [9.17, 15) is 4.79 Å². The largest absolute Gasteiger partial charge is 0.295 e. The number of pyridine rings is 1. The van der Waals surface area contributed by atoms with Gasteiger partial charge in [0.25, 0.3) is 5.56 Å². The lowest BCUT2D eigenvalue weighted by Gasteiger charge is -2.05. The molecule has 2 heterocycles. The lowest BCUT2D eigenvalue weighted by Crippen LogP contribution is -2.21. The molecule has 0 bridgehead atoms. The molecule has 1 aliphatic rings. The predicted octanol–water partition coefficient (Wildman–Crippen LogP) is 1.56. The Morgan fingerprint density at radius 2 is 2.06 bits per heavy atom. The molecular weight excluding hydrogens is 214 g/mol. The quantitative estimate of drug-likeness (QED) is 0.799. The SMILES string of the molecule is O=c1cc(C2CC2)ncn1Cc1ccncc1. The molecule has 4 heteroatoms. The van der Waals surface area contributed by atoms with E-state index < -0.39 is 0 Å². The van der Waals surface area contributed by atoms with E-state index in [1.807, 2.05) is 12.1 Å². The van der Waals surface area contributed by atoms with E-state index in [0.717, 1.165) is 11.3 Å². The summed E-state index contributed by atoms with van der Waals surface area (Å²) < 4.78 is 1.63. The van der Waals surface area contributed by atoms with Gasteiger partial charge in [0, 0.05) is 24.4 Å². The van der Waals surface area contributed by atoms with Crippen LogP contribution in [0.25, 0.3) is 0 Å². The molecular formula is C13H13N3O. The van der Waals surface area contributed by atoms with Gasteiger partial charge in [0.1, 0.15) is 0 Å². The minimum Gasteiger partial charge on any atom is -0.295 e. The number of nitrogens with zero attached hydrogens (tertiary/aromatic N) is 3. The molecule has 2 aromatic heterocycles. The molecule has 1 saturated carbocycles. The van der Waals surface area contributed by atoms with Gasteiger partial charge in [-0.1, -0.05) is 0 Å². The van der Waals surface area contributed by atoms with Gasteiger partial charge in [0.15, 0.2) is 0 Å². The van der Waals surface area contributed by atoms with Crippen LogP contribution in [0.3, 0.4) is 0 Å². The van der Waals surface area contributed by atoms with Crippen LogP contribution in [0.15, 0.2) is 41.7 Å². The zero-order valence-electron chi connectivity index (χ0n) is 9.41. The van der Waals surface area contributed by atoms with Crippen molar-refractivity contribution in [2.75, 3.05) is 0 Å². The fourth-order valence-corrected chi connectivity index (χ4v) is 1.85. The minimum atomic E-state index is 0.0266. The first-order valence-electron chi connectivity index (χ1n) is 5.78. The lowest BCUT2D eigenvalue weighted by atomic mass is 10.2. The van der Waals surface area contributed by atoms with Crippen molar-refractivity contribution in [3.63, 3.8) is 0 Å². The molecule has 0 aromatic carbocycles. The summed E-state index contributed by atoms with van der Waals surface area (Å²) >= 11 is 0. The van der Waals surface area contributed by atoms with Gasteiger partial charge < -0.3 is 0 Å². The first-order chi connectivity index (χ1) is 8.33. The summed E-state index contributed by atoms with van der Waals surface area (Å²) in [6.07, 6.45) is 7.44. The van der Waals surface area contributed by atoms with E-state index in [0.29, 0.717) is 12.5 Å². The molecule has 0 aliphatic heterocycles. The Balaban J connectivity index is 1.86. The molecule has 0 saturated heterocycles. The molecule has 86 valence electrons. The Kier molecular flexibility index (Phi) is 2.48. The Morgan fingerprint density at radius 1 is 1.29 bits per heavy atom. The van der Waals surface area contributed by atoms with Crippen molar-refractivity contribution in [2.24, 2.45) is 0 Å². The van der Waals surface area contributed by atoms with Crippen molar-refractivity contribution < 1.29 is 0 Å². The van der Waals surface area contributed by atoms with Crippen molar-refractivity contribution in [2.45, 2.75) is 25.3 Å². The number of rotatable bonds is 3. The van der Waals surface area contributed by atoms with Crippen LogP contribution in [0.1, 0.15) is 30.0 Å². The van der Waals surface area contributed by atoms with E-state index in [1.54, 1.807) is 29.4 Å². The van der Waals surface area contributed by atoms with Crippen molar-refractivity contribution in [1.29, 1.82) is 0 Å². The Morgan fingerprint density at radius 3 is 2.71 bits per heavy atom. The van der Waals surface area contributed by atoms with Gasteiger partial charge in [-0.25, -0.2) is 4.98 Å². The summed E-state index contributed by atoms with van der Waals surface area (Å²) in [6, 6.07) is 5.47. The highest BCUT2D eigenvalue weighted by Crippen LogP contribution is 2.38. The first kappa shape index (κ1) is 10.2. The summed E-state index contributed by atoms with van der Waals surface area (Å²) in [5, 5.41) is 0. The zero-order valence-corrected chi connectivity index (χ0v) is 9.41. The van der Waals surface area contributed by atoms with Crippen LogP contribution in [0.5, 0.6) is 0 Å². The number of hydrogen-bond acceptors (Lipinski definition) is 3. The maximum Gasteiger partial charge on any atom is 0.253 e. The molecule has 2 aromatic rings. The van der Waals surface area contributed by atoms with Gasteiger partial charge in [-0.05, 0) is 30.5 Å². The average Bonchev–Trinajstić information content (AvgIpc) is 3.17. The second-order valence-electron chi connectivity index (χ2n) is 4.41. The predicted molar refractivity (Wildman–Crippen MR) is 63.8 cm³/mol. The zero-order chi connectivity index (χ0) is 11.7. The highest BCUT2D eigenvalue weighted by atomic mass is 16.1. The molecule has 1 aliphatic carbocycles. The second kappa shape index (κ2) is 4.13. The number of hydrogen-bond donors (Lipinski definition) is 0. The average molecular weight is 227 g/mol. The maximum absolute atomic E-state index is 11.9. The van der Waals surface area contributed by atoms with E-state index in [2.05, 4.69) is 9.97 Å². The molecule has 0 unspecified atom stereocenters. The molecule has 0 radical (unpaired) electrons. The van der Waals surface area contributed by atoms with Crippen LogP contribution in [0.2, 0.25) is 0 Å². The van der Waals surface area contributed by atoms with Gasteiger partial charge in [0.2, 0.25) is 0 Å². The molecule has 17 heavy (non-hydrogen) atoms. The van der Waals surface area contributed by atoms with Crippen LogP contribution >= 0.6 is 0 Å².